The fraction of sp³-hybridized carbons (Fsp3) is 0.250. The second-order valence-corrected chi connectivity index (χ2v) is 6.95. The van der Waals surface area contributed by atoms with Gasteiger partial charge in [0, 0.05) is 20.9 Å². The van der Waals surface area contributed by atoms with Crippen LogP contribution in [0.2, 0.25) is 0 Å². The van der Waals surface area contributed by atoms with E-state index in [1.165, 1.54) is 11.1 Å². The number of aryl methyl sites for hydroxylation is 1. The van der Waals surface area contributed by atoms with Crippen molar-refractivity contribution >= 4 is 31.9 Å². The summed E-state index contributed by atoms with van der Waals surface area (Å²) in [7, 11) is 0. The summed E-state index contributed by atoms with van der Waals surface area (Å²) in [4.78, 5) is 0. The molecule has 2 aromatic carbocycles. The highest BCUT2D eigenvalue weighted by Crippen LogP contribution is 2.38. The maximum absolute atomic E-state index is 6.47. The second-order valence-electron chi connectivity index (χ2n) is 5.12. The highest BCUT2D eigenvalue weighted by molar-refractivity contribution is 9.10. The summed E-state index contributed by atoms with van der Waals surface area (Å²) in [5.41, 5.74) is 11.0. The van der Waals surface area contributed by atoms with E-state index in [-0.39, 0.29) is 6.04 Å². The zero-order chi connectivity index (χ0) is 14.3. The third kappa shape index (κ3) is 2.65. The van der Waals surface area contributed by atoms with Crippen molar-refractivity contribution in [2.75, 3.05) is 6.61 Å². The van der Waals surface area contributed by atoms with Crippen LogP contribution in [0.1, 0.15) is 28.3 Å². The Morgan fingerprint density at radius 2 is 1.85 bits per heavy atom. The summed E-state index contributed by atoms with van der Waals surface area (Å²) in [6.45, 7) is 2.81. The SMILES string of the molecule is Cc1cc(Br)cc(C(N)c2cc(Br)cc3c2OCC3)c1. The molecule has 0 saturated heterocycles. The van der Waals surface area contributed by atoms with E-state index in [1.54, 1.807) is 0 Å². The minimum absolute atomic E-state index is 0.185. The van der Waals surface area contributed by atoms with E-state index < -0.39 is 0 Å². The molecule has 20 heavy (non-hydrogen) atoms. The number of nitrogens with two attached hydrogens (primary N) is 1. The van der Waals surface area contributed by atoms with E-state index in [4.69, 9.17) is 10.5 Å². The summed E-state index contributed by atoms with van der Waals surface area (Å²) in [5, 5.41) is 0. The molecule has 1 unspecified atom stereocenters. The molecular formula is C16H15Br2NO. The van der Waals surface area contributed by atoms with Gasteiger partial charge in [-0.2, -0.15) is 0 Å². The largest absolute Gasteiger partial charge is 0.493 e. The third-order valence-corrected chi connectivity index (χ3v) is 4.45. The quantitative estimate of drug-likeness (QED) is 0.810. The number of rotatable bonds is 2. The molecule has 3 rings (SSSR count). The summed E-state index contributed by atoms with van der Waals surface area (Å²) >= 11 is 7.10. The monoisotopic (exact) mass is 395 g/mol. The Bertz CT molecular complexity index is 650. The first-order valence-corrected chi connectivity index (χ1v) is 8.11. The van der Waals surface area contributed by atoms with Crippen LogP contribution in [-0.2, 0) is 6.42 Å². The maximum atomic E-state index is 6.47. The van der Waals surface area contributed by atoms with E-state index in [2.05, 4.69) is 69.1 Å². The molecule has 0 fully saturated rings. The average molecular weight is 397 g/mol. The topological polar surface area (TPSA) is 35.2 Å². The molecule has 0 radical (unpaired) electrons. The molecule has 0 aliphatic carbocycles. The van der Waals surface area contributed by atoms with Gasteiger partial charge < -0.3 is 10.5 Å². The molecule has 4 heteroatoms. The van der Waals surface area contributed by atoms with Crippen molar-refractivity contribution in [2.45, 2.75) is 19.4 Å². The van der Waals surface area contributed by atoms with Crippen LogP contribution >= 0.6 is 31.9 Å². The van der Waals surface area contributed by atoms with Crippen molar-refractivity contribution in [1.29, 1.82) is 0 Å². The summed E-state index contributed by atoms with van der Waals surface area (Å²) in [6.07, 6.45) is 0.950. The normalized spacial score (nSPS) is 14.8. The van der Waals surface area contributed by atoms with E-state index in [1.807, 2.05) is 0 Å². The number of hydrogen-bond acceptors (Lipinski definition) is 2. The van der Waals surface area contributed by atoms with E-state index >= 15 is 0 Å². The van der Waals surface area contributed by atoms with Crippen LogP contribution in [0, 0.1) is 6.92 Å². The Labute approximate surface area is 135 Å². The standard InChI is InChI=1S/C16H15Br2NO/c1-9-4-11(7-12(17)5-9)15(19)14-8-13(18)6-10-2-3-20-16(10)14/h4-8,15H,2-3,19H2,1H3. The zero-order valence-electron chi connectivity index (χ0n) is 11.1. The predicted octanol–water partition coefficient (Wildman–Crippen LogP) is 4.50. The lowest BCUT2D eigenvalue weighted by molar-refractivity contribution is 0.352. The minimum Gasteiger partial charge on any atom is -0.493 e. The summed E-state index contributed by atoms with van der Waals surface area (Å²) in [6, 6.07) is 10.3. The highest BCUT2D eigenvalue weighted by atomic mass is 79.9. The number of fused-ring (bicyclic) bond motifs is 1. The molecular weight excluding hydrogens is 382 g/mol. The summed E-state index contributed by atoms with van der Waals surface area (Å²) < 4.78 is 7.88. The van der Waals surface area contributed by atoms with E-state index in [0.29, 0.717) is 0 Å². The van der Waals surface area contributed by atoms with Crippen LogP contribution in [-0.4, -0.2) is 6.61 Å². The number of halogens is 2. The van der Waals surface area contributed by atoms with Crippen molar-refractivity contribution in [2.24, 2.45) is 5.73 Å². The van der Waals surface area contributed by atoms with Gasteiger partial charge in [0.2, 0.25) is 0 Å². The van der Waals surface area contributed by atoms with E-state index in [9.17, 15) is 0 Å². The van der Waals surface area contributed by atoms with Gasteiger partial charge in [-0.05, 0) is 47.9 Å². The molecule has 104 valence electrons. The Balaban J connectivity index is 2.08. The molecule has 1 heterocycles. The van der Waals surface area contributed by atoms with Crippen LogP contribution in [0.15, 0.2) is 39.3 Å². The van der Waals surface area contributed by atoms with E-state index in [0.717, 1.165) is 38.8 Å². The molecule has 0 bridgehead atoms. The van der Waals surface area contributed by atoms with Gasteiger partial charge >= 0.3 is 0 Å². The Kier molecular flexibility index (Phi) is 3.89. The van der Waals surface area contributed by atoms with Crippen molar-refractivity contribution in [3.05, 3.63) is 61.5 Å². The first kappa shape index (κ1) is 14.1. The maximum Gasteiger partial charge on any atom is 0.127 e. The van der Waals surface area contributed by atoms with Crippen molar-refractivity contribution < 1.29 is 4.74 Å². The lowest BCUT2D eigenvalue weighted by Gasteiger charge is -2.17. The molecule has 1 atom stereocenters. The van der Waals surface area contributed by atoms with Crippen molar-refractivity contribution in [3.63, 3.8) is 0 Å². The fourth-order valence-electron chi connectivity index (χ4n) is 2.65. The lowest BCUT2D eigenvalue weighted by atomic mass is 9.95. The van der Waals surface area contributed by atoms with Gasteiger partial charge in [0.05, 0.1) is 12.6 Å². The van der Waals surface area contributed by atoms with Crippen LogP contribution in [0.4, 0.5) is 0 Å². The average Bonchev–Trinajstić information content (AvgIpc) is 2.83. The molecule has 0 saturated carbocycles. The van der Waals surface area contributed by atoms with Gasteiger partial charge in [-0.25, -0.2) is 0 Å². The van der Waals surface area contributed by atoms with Crippen LogP contribution in [0.5, 0.6) is 5.75 Å². The van der Waals surface area contributed by atoms with Crippen LogP contribution < -0.4 is 10.5 Å². The molecule has 0 spiro atoms. The van der Waals surface area contributed by atoms with Crippen molar-refractivity contribution in [3.8, 4) is 5.75 Å². The first-order valence-electron chi connectivity index (χ1n) is 6.52. The minimum atomic E-state index is -0.185. The smallest absolute Gasteiger partial charge is 0.127 e. The zero-order valence-corrected chi connectivity index (χ0v) is 14.3. The molecule has 1 aliphatic rings. The van der Waals surface area contributed by atoms with Gasteiger partial charge in [-0.15, -0.1) is 0 Å². The van der Waals surface area contributed by atoms with Gasteiger partial charge in [0.1, 0.15) is 5.75 Å². The Morgan fingerprint density at radius 3 is 2.60 bits per heavy atom. The van der Waals surface area contributed by atoms with Gasteiger partial charge in [-0.3, -0.25) is 0 Å². The first-order chi connectivity index (χ1) is 9.54. The predicted molar refractivity (Wildman–Crippen MR) is 88.3 cm³/mol. The van der Waals surface area contributed by atoms with Gasteiger partial charge in [0.25, 0.3) is 0 Å². The lowest BCUT2D eigenvalue weighted by Crippen LogP contribution is -2.13. The highest BCUT2D eigenvalue weighted by Gasteiger charge is 2.22. The second kappa shape index (κ2) is 5.51. The molecule has 2 nitrogen and oxygen atoms in total. The van der Waals surface area contributed by atoms with Crippen molar-refractivity contribution in [1.82, 2.24) is 0 Å². The van der Waals surface area contributed by atoms with Crippen LogP contribution in [0.25, 0.3) is 0 Å². The number of benzene rings is 2. The molecule has 2 N–H and O–H groups in total. The van der Waals surface area contributed by atoms with Gasteiger partial charge in [0.15, 0.2) is 0 Å². The van der Waals surface area contributed by atoms with Gasteiger partial charge in [-0.1, -0.05) is 37.9 Å². The Morgan fingerprint density at radius 1 is 1.10 bits per heavy atom. The molecule has 0 aromatic heterocycles. The number of hydrogen-bond donors (Lipinski definition) is 1. The molecule has 1 aliphatic heterocycles. The number of ether oxygens (including phenoxy) is 1. The molecule has 0 amide bonds. The van der Waals surface area contributed by atoms with Crippen LogP contribution in [0.3, 0.4) is 0 Å². The molecule has 2 aromatic rings. The summed E-state index contributed by atoms with van der Waals surface area (Å²) in [5.74, 6) is 0.957. The fourth-order valence-corrected chi connectivity index (χ4v) is 3.80. The third-order valence-electron chi connectivity index (χ3n) is 3.54. The Hall–Kier alpha value is -0.840.